The van der Waals surface area contributed by atoms with E-state index in [4.69, 9.17) is 9.84 Å². The van der Waals surface area contributed by atoms with Gasteiger partial charge in [-0.25, -0.2) is 4.79 Å². The molecule has 2 saturated carbocycles. The molecule has 0 heterocycles. The molecule has 0 bridgehead atoms. The quantitative estimate of drug-likeness (QED) is 0.388. The first-order valence-electron chi connectivity index (χ1n) is 7.75. The molecule has 6 nitrogen and oxygen atoms in total. The molecule has 2 aliphatic carbocycles. The van der Waals surface area contributed by atoms with Crippen molar-refractivity contribution in [2.24, 2.45) is 11.8 Å². The Labute approximate surface area is 128 Å². The normalized spacial score (nSPS) is 27.2. The molecular formula is C16H19NO5. The highest BCUT2D eigenvalue weighted by Crippen LogP contribution is 2.51. The number of fused-ring (bicyclic) bond motifs is 1. The van der Waals surface area contributed by atoms with Crippen LogP contribution in [-0.4, -0.2) is 16.2 Å². The maximum absolute atomic E-state index is 11.0. The van der Waals surface area contributed by atoms with Crippen LogP contribution >= 0.6 is 0 Å². The van der Waals surface area contributed by atoms with Gasteiger partial charge in [0.1, 0.15) is 5.75 Å². The molecule has 0 aliphatic heterocycles. The SMILES string of the molecule is O=C(O)Oc1ccc([N+](=O)[O-])cc1[C@H]1CCC[C@H]2CCC[C@H]21. The second-order valence-corrected chi connectivity index (χ2v) is 6.24. The summed E-state index contributed by atoms with van der Waals surface area (Å²) in [5.74, 6) is 1.56. The predicted octanol–water partition coefficient (Wildman–Crippen LogP) is 4.34. The van der Waals surface area contributed by atoms with Crippen molar-refractivity contribution >= 4 is 11.8 Å². The number of hydrogen-bond acceptors (Lipinski definition) is 4. The van der Waals surface area contributed by atoms with Crippen LogP contribution in [0.1, 0.15) is 50.0 Å². The molecule has 22 heavy (non-hydrogen) atoms. The molecule has 2 aliphatic rings. The van der Waals surface area contributed by atoms with Gasteiger partial charge in [-0.2, -0.15) is 0 Å². The largest absolute Gasteiger partial charge is 0.511 e. The first-order valence-corrected chi connectivity index (χ1v) is 7.75. The molecule has 1 N–H and O–H groups in total. The van der Waals surface area contributed by atoms with Crippen molar-refractivity contribution < 1.29 is 19.6 Å². The second-order valence-electron chi connectivity index (χ2n) is 6.24. The van der Waals surface area contributed by atoms with Crippen molar-refractivity contribution in [3.63, 3.8) is 0 Å². The number of hydrogen-bond donors (Lipinski definition) is 1. The van der Waals surface area contributed by atoms with Gasteiger partial charge in [0.05, 0.1) is 4.92 Å². The Morgan fingerprint density at radius 1 is 1.23 bits per heavy atom. The van der Waals surface area contributed by atoms with E-state index < -0.39 is 11.1 Å². The second kappa shape index (κ2) is 5.94. The summed E-state index contributed by atoms with van der Waals surface area (Å²) in [6.45, 7) is 0. The van der Waals surface area contributed by atoms with Crippen LogP contribution in [0.2, 0.25) is 0 Å². The van der Waals surface area contributed by atoms with Gasteiger partial charge in [-0.15, -0.1) is 0 Å². The number of ether oxygens (including phenoxy) is 1. The first kappa shape index (κ1) is 14.8. The lowest BCUT2D eigenvalue weighted by molar-refractivity contribution is -0.385. The summed E-state index contributed by atoms with van der Waals surface area (Å²) in [4.78, 5) is 21.5. The van der Waals surface area contributed by atoms with Crippen molar-refractivity contribution in [3.8, 4) is 5.75 Å². The summed E-state index contributed by atoms with van der Waals surface area (Å²) in [6.07, 6.45) is 5.38. The predicted molar refractivity (Wildman–Crippen MR) is 79.2 cm³/mol. The van der Waals surface area contributed by atoms with E-state index in [2.05, 4.69) is 0 Å². The number of non-ortho nitro benzene ring substituents is 1. The molecule has 2 fully saturated rings. The molecule has 6 heteroatoms. The first-order chi connectivity index (χ1) is 10.6. The molecule has 0 spiro atoms. The monoisotopic (exact) mass is 305 g/mol. The van der Waals surface area contributed by atoms with Gasteiger partial charge in [0, 0.05) is 17.7 Å². The Kier molecular flexibility index (Phi) is 4.00. The molecule has 1 aromatic carbocycles. The van der Waals surface area contributed by atoms with Crippen molar-refractivity contribution in [3.05, 3.63) is 33.9 Å². The van der Waals surface area contributed by atoms with E-state index in [1.165, 1.54) is 37.5 Å². The van der Waals surface area contributed by atoms with Crippen molar-refractivity contribution in [1.82, 2.24) is 0 Å². The molecule has 0 amide bonds. The zero-order chi connectivity index (χ0) is 15.7. The smallest absolute Gasteiger partial charge is 0.449 e. The van der Waals surface area contributed by atoms with Gasteiger partial charge >= 0.3 is 6.16 Å². The number of benzene rings is 1. The maximum Gasteiger partial charge on any atom is 0.511 e. The van der Waals surface area contributed by atoms with Crippen molar-refractivity contribution in [1.29, 1.82) is 0 Å². The van der Waals surface area contributed by atoms with Crippen molar-refractivity contribution in [2.75, 3.05) is 0 Å². The number of nitro benzene ring substituents is 1. The average molecular weight is 305 g/mol. The Morgan fingerprint density at radius 3 is 2.64 bits per heavy atom. The fourth-order valence-electron chi connectivity index (χ4n) is 4.28. The molecule has 3 rings (SSSR count). The molecule has 0 radical (unpaired) electrons. The van der Waals surface area contributed by atoms with Gasteiger partial charge in [0.25, 0.3) is 5.69 Å². The van der Waals surface area contributed by atoms with E-state index in [0.29, 0.717) is 17.4 Å². The van der Waals surface area contributed by atoms with Crippen LogP contribution in [0.3, 0.4) is 0 Å². The van der Waals surface area contributed by atoms with Crippen LogP contribution in [0, 0.1) is 22.0 Å². The van der Waals surface area contributed by atoms with E-state index in [0.717, 1.165) is 19.3 Å². The lowest BCUT2D eigenvalue weighted by atomic mass is 9.71. The molecule has 3 atom stereocenters. The molecule has 1 aromatic rings. The number of carboxylic acid groups (broad SMARTS) is 1. The van der Waals surface area contributed by atoms with E-state index in [1.807, 2.05) is 0 Å². The number of carbonyl (C=O) groups is 1. The molecule has 0 unspecified atom stereocenters. The highest BCUT2D eigenvalue weighted by molar-refractivity contribution is 5.63. The lowest BCUT2D eigenvalue weighted by Gasteiger charge is -2.34. The number of nitrogens with zero attached hydrogens (tertiary/aromatic N) is 1. The molecule has 0 saturated heterocycles. The van der Waals surface area contributed by atoms with E-state index >= 15 is 0 Å². The fraction of sp³-hybridized carbons (Fsp3) is 0.562. The third-order valence-electron chi connectivity index (χ3n) is 5.13. The lowest BCUT2D eigenvalue weighted by Crippen LogP contribution is -2.23. The Morgan fingerprint density at radius 2 is 1.95 bits per heavy atom. The average Bonchev–Trinajstić information content (AvgIpc) is 2.95. The van der Waals surface area contributed by atoms with Crippen molar-refractivity contribution in [2.45, 2.75) is 44.4 Å². The van der Waals surface area contributed by atoms with Crippen LogP contribution in [0.25, 0.3) is 0 Å². The van der Waals surface area contributed by atoms with E-state index in [1.54, 1.807) is 0 Å². The van der Waals surface area contributed by atoms with Gasteiger partial charge in [0.2, 0.25) is 0 Å². The standard InChI is InChI=1S/C16H19NO5/c18-16(19)22-15-8-7-11(17(20)21)9-14(15)13-6-2-4-10-3-1-5-12(10)13/h7-10,12-13H,1-6H2,(H,18,19)/t10-,12-,13+/m1/s1. The summed E-state index contributed by atoms with van der Waals surface area (Å²) < 4.78 is 4.88. The van der Waals surface area contributed by atoms with Gasteiger partial charge in [0.15, 0.2) is 0 Å². The minimum Gasteiger partial charge on any atom is -0.449 e. The van der Waals surface area contributed by atoms with Crippen LogP contribution in [0.15, 0.2) is 18.2 Å². The highest BCUT2D eigenvalue weighted by atomic mass is 16.7. The minimum absolute atomic E-state index is 0.00661. The molecular weight excluding hydrogens is 286 g/mol. The number of nitro groups is 1. The van der Waals surface area contributed by atoms with E-state index in [9.17, 15) is 14.9 Å². The minimum atomic E-state index is -1.38. The molecule has 118 valence electrons. The van der Waals surface area contributed by atoms with Gasteiger partial charge in [-0.3, -0.25) is 10.1 Å². The summed E-state index contributed by atoms with van der Waals surface area (Å²) in [6, 6.07) is 4.22. The Hall–Kier alpha value is -2.11. The summed E-state index contributed by atoms with van der Waals surface area (Å²) in [5.41, 5.74) is 0.682. The van der Waals surface area contributed by atoms with Crippen LogP contribution in [0.4, 0.5) is 10.5 Å². The third-order valence-corrected chi connectivity index (χ3v) is 5.13. The topological polar surface area (TPSA) is 89.7 Å². The maximum atomic E-state index is 11.0. The van der Waals surface area contributed by atoms with Gasteiger partial charge in [-0.05, 0) is 36.7 Å². The summed E-state index contributed by atoms with van der Waals surface area (Å²) >= 11 is 0. The Balaban J connectivity index is 1.99. The van der Waals surface area contributed by atoms with Crippen LogP contribution in [-0.2, 0) is 0 Å². The summed E-state index contributed by atoms with van der Waals surface area (Å²) in [7, 11) is 0. The number of rotatable bonds is 3. The fourth-order valence-corrected chi connectivity index (χ4v) is 4.28. The Bertz CT molecular complexity index is 600. The van der Waals surface area contributed by atoms with Crippen LogP contribution < -0.4 is 4.74 Å². The van der Waals surface area contributed by atoms with E-state index in [-0.39, 0.29) is 17.4 Å². The molecule has 0 aromatic heterocycles. The zero-order valence-electron chi connectivity index (χ0n) is 12.2. The van der Waals surface area contributed by atoms with Gasteiger partial charge in [-0.1, -0.05) is 25.7 Å². The zero-order valence-corrected chi connectivity index (χ0v) is 12.2. The van der Waals surface area contributed by atoms with Crippen LogP contribution in [0.5, 0.6) is 5.75 Å². The summed E-state index contributed by atoms with van der Waals surface area (Å²) in [5, 5.41) is 19.9. The highest BCUT2D eigenvalue weighted by Gasteiger charge is 2.39. The van der Waals surface area contributed by atoms with Gasteiger partial charge < -0.3 is 9.84 Å². The third kappa shape index (κ3) is 2.77.